The van der Waals surface area contributed by atoms with Gasteiger partial charge < -0.3 is 72.7 Å². The molecular weight excluding hydrogens is 908 g/mol. The van der Waals surface area contributed by atoms with E-state index >= 15 is 0 Å². The van der Waals surface area contributed by atoms with Crippen molar-refractivity contribution in [1.29, 1.82) is 0 Å². The normalized spacial score (nSPS) is 35.4. The van der Waals surface area contributed by atoms with E-state index in [2.05, 4.69) is 0 Å². The van der Waals surface area contributed by atoms with Crippen LogP contribution in [0.2, 0.25) is 0 Å². The number of likely N-dealkylation sites (N-methyl/N-ethyl adjacent to an activating group) is 2. The van der Waals surface area contributed by atoms with Gasteiger partial charge in [-0.3, -0.25) is 38.6 Å². The maximum atomic E-state index is 13.7. The summed E-state index contributed by atoms with van der Waals surface area (Å²) >= 11 is 0. The topological polar surface area (TPSA) is 404 Å². The molecule has 2 amide bonds. The van der Waals surface area contributed by atoms with E-state index < -0.39 is 162 Å². The summed E-state index contributed by atoms with van der Waals surface area (Å²) in [5, 5.41) is 133. The van der Waals surface area contributed by atoms with Gasteiger partial charge in [0, 0.05) is 0 Å². The fourth-order valence-electron chi connectivity index (χ4n) is 11.2. The van der Waals surface area contributed by atoms with Gasteiger partial charge in [0.2, 0.25) is 11.6 Å². The van der Waals surface area contributed by atoms with E-state index in [0.29, 0.717) is 0 Å². The summed E-state index contributed by atoms with van der Waals surface area (Å²) in [6.45, 7) is 2.51. The molecule has 22 nitrogen and oxygen atoms in total. The predicted molar refractivity (Wildman–Crippen MR) is 230 cm³/mol. The number of phenolic OH excluding ortho intramolecular Hbond substituents is 2. The Morgan fingerprint density at radius 2 is 0.866 bits per heavy atom. The molecule has 12 atom stereocenters. The second-order valence-corrected chi connectivity index (χ2v) is 18.1. The van der Waals surface area contributed by atoms with Crippen molar-refractivity contribution in [2.45, 2.75) is 60.5 Å². The smallest absolute Gasteiger partial charge is 0.255 e. The Hall–Kier alpha value is -6.21. The van der Waals surface area contributed by atoms with Gasteiger partial charge in [-0.1, -0.05) is 24.3 Å². The van der Waals surface area contributed by atoms with Crippen LogP contribution in [0.1, 0.15) is 36.1 Å². The SMILES string of the molecule is CN(C)[C@@H]1C(=O)C(C(N)=O)=C(O)[C@@]2(O)C(=O)C3=C(O)c4c(O)cccc4[C@@](C)(O)[C@H]3[C@H](O)[C@@H]12.CN(C)[C@@H]1C(=O)C(C(N)=O)=C(O)[C@@]2(O)C(=O)C3=C(O)c4c(O)cccc4[C@@](C)(O)[C@H]3[C@H](O)[C@@H]12.Cl. The number of ketones is 4. The number of primary amides is 2. The van der Waals surface area contributed by atoms with Gasteiger partial charge in [0.05, 0.1) is 81.4 Å². The van der Waals surface area contributed by atoms with E-state index in [4.69, 9.17) is 11.5 Å². The first-order valence-electron chi connectivity index (χ1n) is 20.2. The Bertz CT molecular complexity index is 2560. The third kappa shape index (κ3) is 6.32. The number of halogens is 1. The highest BCUT2D eigenvalue weighted by Gasteiger charge is 2.72. The average molecular weight is 957 g/mol. The molecule has 0 radical (unpaired) electrons. The van der Waals surface area contributed by atoms with Gasteiger partial charge in [-0.05, 0) is 65.3 Å². The van der Waals surface area contributed by atoms with Gasteiger partial charge in [0.1, 0.15) is 45.7 Å². The molecule has 0 aliphatic heterocycles. The minimum atomic E-state index is -3.02. The van der Waals surface area contributed by atoms with Crippen LogP contribution in [0.3, 0.4) is 0 Å². The number of nitrogens with two attached hydrogens (primary N) is 2. The standard InChI is InChI=1S/2C22H24N2O9.ClH/c2*1-21(32)7-5-4-6-8(25)9(7)15(26)10-12(21)17(28)13-14(24(2)3)16(27)11(20(23)31)19(30)22(13,33)18(10)29;/h2*4-6,12-14,17,25-26,28,30,32-33H,1-3H3,(H2,23,31);1H/t2*12-,13-,14+,17+,21-,22+;/m11./s1. The minimum absolute atomic E-state index is 0. The largest absolute Gasteiger partial charge is 0.508 e. The number of rotatable bonds is 4. The number of Topliss-reactive ketones (excluding diaryl/α,β-unsaturated/α-hetero) is 4. The molecule has 0 aromatic heterocycles. The summed E-state index contributed by atoms with van der Waals surface area (Å²) in [4.78, 5) is 79.9. The number of hydrogen-bond donors (Lipinski definition) is 14. The zero-order chi connectivity index (χ0) is 49.6. The molecule has 2 aromatic carbocycles. The Morgan fingerprint density at radius 3 is 1.13 bits per heavy atom. The molecule has 0 spiro atoms. The number of aliphatic hydroxyl groups is 10. The van der Waals surface area contributed by atoms with Crippen LogP contribution in [0, 0.1) is 23.7 Å². The molecule has 2 saturated carbocycles. The lowest BCUT2D eigenvalue weighted by molar-refractivity contribution is -0.181. The lowest BCUT2D eigenvalue weighted by atomic mass is 9.53. The van der Waals surface area contributed by atoms with Crippen LogP contribution in [0.25, 0.3) is 11.5 Å². The molecule has 23 heteroatoms. The number of fused-ring (bicyclic) bond motifs is 6. The summed E-state index contributed by atoms with van der Waals surface area (Å²) in [6.07, 6.45) is -3.74. The van der Waals surface area contributed by atoms with Crippen LogP contribution in [-0.4, -0.2) is 170 Å². The predicted octanol–water partition coefficient (Wildman–Crippen LogP) is -2.38. The van der Waals surface area contributed by atoms with Crippen molar-refractivity contribution < 1.29 is 90.0 Å². The van der Waals surface area contributed by atoms with Crippen LogP contribution in [0.5, 0.6) is 11.5 Å². The van der Waals surface area contributed by atoms with E-state index in [1.54, 1.807) is 0 Å². The van der Waals surface area contributed by atoms with Crippen molar-refractivity contribution in [2.75, 3.05) is 28.2 Å². The molecule has 67 heavy (non-hydrogen) atoms. The summed E-state index contributed by atoms with van der Waals surface area (Å²) in [5.74, 6) is -19.3. The zero-order valence-electron chi connectivity index (χ0n) is 36.4. The van der Waals surface area contributed by atoms with Crippen molar-refractivity contribution >= 4 is 58.9 Å². The Balaban J connectivity index is 0.000000218. The second kappa shape index (κ2) is 16.0. The number of carbonyl (C=O) groups excluding carboxylic acids is 6. The summed E-state index contributed by atoms with van der Waals surface area (Å²) in [6, 6.07) is 5.00. The highest BCUT2D eigenvalue weighted by atomic mass is 35.5. The van der Waals surface area contributed by atoms with Crippen LogP contribution in [-0.2, 0) is 40.0 Å². The molecule has 6 aliphatic carbocycles. The van der Waals surface area contributed by atoms with E-state index in [9.17, 15) is 90.0 Å². The van der Waals surface area contributed by atoms with Gasteiger partial charge in [-0.25, -0.2) is 0 Å². The molecule has 2 aromatic rings. The van der Waals surface area contributed by atoms with Gasteiger partial charge in [-0.15, -0.1) is 12.4 Å². The van der Waals surface area contributed by atoms with Crippen molar-refractivity contribution in [1.82, 2.24) is 9.80 Å². The minimum Gasteiger partial charge on any atom is -0.508 e. The highest BCUT2D eigenvalue weighted by Crippen LogP contribution is 2.59. The van der Waals surface area contributed by atoms with E-state index in [0.717, 1.165) is 0 Å². The molecule has 0 bridgehead atoms. The van der Waals surface area contributed by atoms with Crippen LogP contribution >= 0.6 is 12.4 Å². The maximum absolute atomic E-state index is 13.7. The molecule has 8 rings (SSSR count). The summed E-state index contributed by atoms with van der Waals surface area (Å²) in [7, 11) is 5.60. The third-order valence-corrected chi connectivity index (χ3v) is 14.1. The first kappa shape index (κ1) is 50.2. The number of carbonyl (C=O) groups is 6. The van der Waals surface area contributed by atoms with Gasteiger partial charge in [0.25, 0.3) is 11.8 Å². The lowest BCUT2D eigenvalue weighted by Gasteiger charge is -2.55. The maximum Gasteiger partial charge on any atom is 0.255 e. The average Bonchev–Trinajstić information content (AvgIpc) is 3.20. The van der Waals surface area contributed by atoms with E-state index in [1.807, 2.05) is 0 Å². The summed E-state index contributed by atoms with van der Waals surface area (Å²) in [5.41, 5.74) is -3.55. The van der Waals surface area contributed by atoms with Crippen LogP contribution < -0.4 is 11.5 Å². The lowest BCUT2D eigenvalue weighted by Crippen LogP contribution is -2.71. The number of aliphatic hydroxyl groups excluding tert-OH is 6. The zero-order valence-corrected chi connectivity index (χ0v) is 37.2. The number of nitrogens with zero attached hydrogens (tertiary/aromatic N) is 2. The Kier molecular flexibility index (Phi) is 12.0. The van der Waals surface area contributed by atoms with Crippen molar-refractivity contribution in [3.8, 4) is 11.5 Å². The molecule has 2 fully saturated rings. The number of hydrogen-bond acceptors (Lipinski definition) is 20. The van der Waals surface area contributed by atoms with Crippen LogP contribution in [0.4, 0.5) is 0 Å². The van der Waals surface area contributed by atoms with E-state index in [-0.39, 0.29) is 34.7 Å². The van der Waals surface area contributed by atoms with E-state index in [1.165, 1.54) is 88.2 Å². The van der Waals surface area contributed by atoms with Gasteiger partial charge in [-0.2, -0.15) is 0 Å². The van der Waals surface area contributed by atoms with Crippen molar-refractivity contribution in [3.63, 3.8) is 0 Å². The van der Waals surface area contributed by atoms with Crippen molar-refractivity contribution in [3.05, 3.63) is 92.5 Å². The quantitative estimate of drug-likeness (QED) is 0.142. The highest BCUT2D eigenvalue weighted by molar-refractivity contribution is 6.26. The number of amides is 2. The third-order valence-electron chi connectivity index (χ3n) is 14.1. The number of aromatic hydroxyl groups is 2. The number of phenols is 2. The Labute approximate surface area is 385 Å². The second-order valence-electron chi connectivity index (χ2n) is 18.1. The Morgan fingerprint density at radius 1 is 0.567 bits per heavy atom. The first-order chi connectivity index (χ1) is 30.4. The fourth-order valence-corrected chi connectivity index (χ4v) is 11.2. The fraction of sp³-hybridized carbons (Fsp3) is 0.409. The van der Waals surface area contributed by atoms with Gasteiger partial charge >= 0.3 is 0 Å². The molecule has 0 unspecified atom stereocenters. The first-order valence-corrected chi connectivity index (χ1v) is 20.2. The van der Waals surface area contributed by atoms with Gasteiger partial charge in [0.15, 0.2) is 22.8 Å². The molecule has 16 N–H and O–H groups in total. The van der Waals surface area contributed by atoms with Crippen LogP contribution in [0.15, 0.2) is 70.2 Å². The molecule has 0 saturated heterocycles. The number of benzene rings is 2. The van der Waals surface area contributed by atoms with Crippen molar-refractivity contribution in [2.24, 2.45) is 35.1 Å². The monoisotopic (exact) mass is 956 g/mol. The molecular formula is C44H49ClN4O18. The summed E-state index contributed by atoms with van der Waals surface area (Å²) < 4.78 is 0. The molecule has 0 heterocycles. The molecule has 6 aliphatic rings. The molecule has 360 valence electrons.